The Hall–Kier alpha value is -2.28. The second kappa shape index (κ2) is 6.32. The average Bonchev–Trinajstić information content (AvgIpc) is 2.94. The molecule has 2 aromatic rings. The van der Waals surface area contributed by atoms with Gasteiger partial charge in [-0.2, -0.15) is 0 Å². The molecule has 1 N–H and O–H groups in total. The standard InChI is InChI=1S/C17H13F3O3S/c18-17(19,20)23-14-3-1-2-10(8-14)15-4-5-16(24-15)11-6-12(21)9-13(22)7-11/h1-5,8-9,11,21H,6-7H2. The van der Waals surface area contributed by atoms with Gasteiger partial charge in [0.15, 0.2) is 5.78 Å². The maximum atomic E-state index is 12.3. The molecule has 0 fully saturated rings. The minimum atomic E-state index is -4.73. The highest BCUT2D eigenvalue weighted by Crippen LogP contribution is 2.39. The number of rotatable bonds is 3. The predicted molar refractivity (Wildman–Crippen MR) is 84.1 cm³/mol. The number of thiophene rings is 1. The lowest BCUT2D eigenvalue weighted by Crippen LogP contribution is -2.17. The quantitative estimate of drug-likeness (QED) is 0.824. The van der Waals surface area contributed by atoms with Gasteiger partial charge in [-0.15, -0.1) is 24.5 Å². The largest absolute Gasteiger partial charge is 0.573 e. The minimum Gasteiger partial charge on any atom is -0.512 e. The molecule has 1 heterocycles. The van der Waals surface area contributed by atoms with Gasteiger partial charge in [0.05, 0.1) is 5.76 Å². The van der Waals surface area contributed by atoms with E-state index in [0.29, 0.717) is 18.4 Å². The van der Waals surface area contributed by atoms with Gasteiger partial charge in [0.2, 0.25) is 0 Å². The van der Waals surface area contributed by atoms with Crippen molar-refractivity contribution in [2.45, 2.75) is 25.1 Å². The Bertz CT molecular complexity index is 792. The molecule has 1 aliphatic rings. The second-order valence-corrected chi connectivity index (χ2v) is 6.60. The van der Waals surface area contributed by atoms with Gasteiger partial charge in [-0.1, -0.05) is 12.1 Å². The molecule has 1 aliphatic carbocycles. The lowest BCUT2D eigenvalue weighted by atomic mass is 9.91. The number of hydrogen-bond acceptors (Lipinski definition) is 4. The zero-order valence-corrected chi connectivity index (χ0v) is 13.2. The number of aliphatic hydroxyl groups is 1. The molecule has 1 aromatic heterocycles. The van der Waals surface area contributed by atoms with Crippen molar-refractivity contribution in [3.05, 3.63) is 53.1 Å². The van der Waals surface area contributed by atoms with E-state index in [1.165, 1.54) is 35.6 Å². The summed E-state index contributed by atoms with van der Waals surface area (Å²) in [7, 11) is 0. The molecular formula is C17H13F3O3S. The number of carbonyl (C=O) groups is 1. The van der Waals surface area contributed by atoms with Gasteiger partial charge >= 0.3 is 6.36 Å². The van der Waals surface area contributed by atoms with Crippen molar-refractivity contribution in [2.24, 2.45) is 0 Å². The van der Waals surface area contributed by atoms with Gasteiger partial charge in [0, 0.05) is 34.6 Å². The summed E-state index contributed by atoms with van der Waals surface area (Å²) in [5.41, 5.74) is 0.606. The molecule has 7 heteroatoms. The van der Waals surface area contributed by atoms with E-state index in [9.17, 15) is 23.1 Å². The van der Waals surface area contributed by atoms with Crippen LogP contribution in [0.1, 0.15) is 23.6 Å². The van der Waals surface area contributed by atoms with E-state index in [1.54, 1.807) is 12.1 Å². The first-order chi connectivity index (χ1) is 11.3. The molecule has 0 spiro atoms. The third-order valence-corrected chi connectivity index (χ3v) is 4.91. The zero-order valence-electron chi connectivity index (χ0n) is 12.3. The van der Waals surface area contributed by atoms with E-state index in [0.717, 1.165) is 9.75 Å². The van der Waals surface area contributed by atoms with Crippen molar-refractivity contribution in [3.63, 3.8) is 0 Å². The minimum absolute atomic E-state index is 0.0618. The van der Waals surface area contributed by atoms with Crippen LogP contribution in [0.2, 0.25) is 0 Å². The predicted octanol–water partition coefficient (Wildman–Crippen LogP) is 5.20. The van der Waals surface area contributed by atoms with Crippen LogP contribution < -0.4 is 4.74 Å². The highest BCUT2D eigenvalue weighted by atomic mass is 32.1. The summed E-state index contributed by atoms with van der Waals surface area (Å²) in [5.74, 6) is -0.440. The Kier molecular flexibility index (Phi) is 4.36. The van der Waals surface area contributed by atoms with Crippen LogP contribution in [0.5, 0.6) is 5.75 Å². The molecule has 0 amide bonds. The molecule has 0 aliphatic heterocycles. The molecule has 1 aromatic carbocycles. The van der Waals surface area contributed by atoms with Crippen molar-refractivity contribution in [2.75, 3.05) is 0 Å². The molecule has 0 bridgehead atoms. The average molecular weight is 354 g/mol. The molecule has 1 atom stereocenters. The van der Waals surface area contributed by atoms with Gasteiger partial charge in [-0.3, -0.25) is 4.79 Å². The summed E-state index contributed by atoms with van der Waals surface area (Å²) < 4.78 is 40.9. The fourth-order valence-electron chi connectivity index (χ4n) is 2.65. The van der Waals surface area contributed by atoms with Crippen LogP contribution in [0.3, 0.4) is 0 Å². The van der Waals surface area contributed by atoms with Crippen molar-refractivity contribution in [1.82, 2.24) is 0 Å². The van der Waals surface area contributed by atoms with Gasteiger partial charge < -0.3 is 9.84 Å². The topological polar surface area (TPSA) is 46.5 Å². The fraction of sp³-hybridized carbons (Fsp3) is 0.235. The summed E-state index contributed by atoms with van der Waals surface area (Å²) in [4.78, 5) is 13.3. The molecule has 24 heavy (non-hydrogen) atoms. The van der Waals surface area contributed by atoms with E-state index in [1.807, 2.05) is 6.07 Å². The Morgan fingerprint density at radius 3 is 2.67 bits per heavy atom. The lowest BCUT2D eigenvalue weighted by Gasteiger charge is -2.17. The van der Waals surface area contributed by atoms with Gasteiger partial charge in [0.1, 0.15) is 5.75 Å². The number of allylic oxidation sites excluding steroid dienone is 2. The van der Waals surface area contributed by atoms with Crippen LogP contribution in [0.15, 0.2) is 48.2 Å². The number of halogens is 3. The Labute approximate surface area is 140 Å². The summed E-state index contributed by atoms with van der Waals surface area (Å²) >= 11 is 1.40. The Morgan fingerprint density at radius 2 is 1.96 bits per heavy atom. The molecule has 3 nitrogen and oxygen atoms in total. The maximum Gasteiger partial charge on any atom is 0.573 e. The number of ketones is 1. The Balaban J connectivity index is 1.82. The third-order valence-electron chi connectivity index (χ3n) is 3.61. The Morgan fingerprint density at radius 1 is 1.17 bits per heavy atom. The molecule has 126 valence electrons. The first-order valence-corrected chi connectivity index (χ1v) is 8.00. The third kappa shape index (κ3) is 3.97. The number of hydrogen-bond donors (Lipinski definition) is 1. The summed E-state index contributed by atoms with van der Waals surface area (Å²) in [6.07, 6.45) is -2.78. The van der Waals surface area contributed by atoms with Crippen molar-refractivity contribution >= 4 is 17.1 Å². The number of benzene rings is 1. The van der Waals surface area contributed by atoms with Gasteiger partial charge in [-0.05, 0) is 29.8 Å². The first kappa shape index (κ1) is 16.6. The smallest absolute Gasteiger partial charge is 0.512 e. The van der Waals surface area contributed by atoms with Crippen molar-refractivity contribution < 1.29 is 27.8 Å². The van der Waals surface area contributed by atoms with E-state index < -0.39 is 6.36 Å². The molecule has 3 rings (SSSR count). The lowest BCUT2D eigenvalue weighted by molar-refractivity contribution is -0.274. The second-order valence-electron chi connectivity index (χ2n) is 5.48. The van der Waals surface area contributed by atoms with E-state index in [4.69, 9.17) is 0 Å². The van der Waals surface area contributed by atoms with E-state index in [2.05, 4.69) is 4.74 Å². The molecule has 0 radical (unpaired) electrons. The summed E-state index contributed by atoms with van der Waals surface area (Å²) in [6.45, 7) is 0. The van der Waals surface area contributed by atoms with E-state index in [-0.39, 0.29) is 23.2 Å². The SMILES string of the molecule is O=C1C=C(O)CC(c2ccc(-c3cccc(OC(F)(F)F)c3)s2)C1. The maximum absolute atomic E-state index is 12.3. The van der Waals surface area contributed by atoms with Crippen LogP contribution >= 0.6 is 11.3 Å². The number of carbonyl (C=O) groups excluding carboxylic acids is 1. The normalized spacial score (nSPS) is 18.4. The van der Waals surface area contributed by atoms with Crippen LogP contribution in [-0.4, -0.2) is 17.3 Å². The molecule has 0 saturated heterocycles. The van der Waals surface area contributed by atoms with Gasteiger partial charge in [-0.25, -0.2) is 0 Å². The number of alkyl halides is 3. The molecular weight excluding hydrogens is 341 g/mol. The monoisotopic (exact) mass is 354 g/mol. The summed E-state index contributed by atoms with van der Waals surface area (Å²) in [5, 5.41) is 9.60. The molecule has 1 unspecified atom stereocenters. The van der Waals surface area contributed by atoms with Gasteiger partial charge in [0.25, 0.3) is 0 Å². The number of aliphatic hydroxyl groups excluding tert-OH is 1. The van der Waals surface area contributed by atoms with E-state index >= 15 is 0 Å². The fourth-order valence-corrected chi connectivity index (χ4v) is 3.75. The first-order valence-electron chi connectivity index (χ1n) is 7.18. The zero-order chi connectivity index (χ0) is 17.3. The van der Waals surface area contributed by atoms with Crippen LogP contribution in [-0.2, 0) is 4.79 Å². The van der Waals surface area contributed by atoms with Crippen LogP contribution in [0, 0.1) is 0 Å². The van der Waals surface area contributed by atoms with Crippen molar-refractivity contribution in [1.29, 1.82) is 0 Å². The van der Waals surface area contributed by atoms with Crippen LogP contribution in [0.25, 0.3) is 10.4 Å². The number of ether oxygens (including phenoxy) is 1. The summed E-state index contributed by atoms with van der Waals surface area (Å²) in [6, 6.07) is 9.40. The highest BCUT2D eigenvalue weighted by Gasteiger charge is 2.31. The highest BCUT2D eigenvalue weighted by molar-refractivity contribution is 7.15. The van der Waals surface area contributed by atoms with Crippen molar-refractivity contribution in [3.8, 4) is 16.2 Å². The van der Waals surface area contributed by atoms with Crippen LogP contribution in [0.4, 0.5) is 13.2 Å². The molecule has 0 saturated carbocycles.